The van der Waals surface area contributed by atoms with E-state index in [0.29, 0.717) is 11.0 Å². The molecule has 0 atom stereocenters. The van der Waals surface area contributed by atoms with Gasteiger partial charge in [0.05, 0.1) is 22.5 Å². The van der Waals surface area contributed by atoms with Crippen LogP contribution in [0.1, 0.15) is 60.7 Å². The molecular formula is C31H32BClN2O6. The maximum atomic E-state index is 12.9. The summed E-state index contributed by atoms with van der Waals surface area (Å²) in [6.45, 7) is 7.83. The monoisotopic (exact) mass is 574 g/mol. The van der Waals surface area contributed by atoms with Crippen LogP contribution in [0.25, 0.3) is 17.2 Å². The number of amides is 1. The first kappa shape index (κ1) is 28.7. The van der Waals surface area contributed by atoms with Gasteiger partial charge in [0.15, 0.2) is 0 Å². The highest BCUT2D eigenvalue weighted by atomic mass is 35.5. The molecule has 8 nitrogen and oxygen atoms in total. The van der Waals surface area contributed by atoms with E-state index in [1.54, 1.807) is 12.1 Å². The number of aromatic carboxylic acids is 1. The molecule has 0 aromatic heterocycles. The van der Waals surface area contributed by atoms with E-state index in [0.717, 1.165) is 22.3 Å². The number of benzene rings is 3. The van der Waals surface area contributed by atoms with E-state index in [-0.39, 0.29) is 35.3 Å². The number of ether oxygens (including phenoxy) is 1. The second-order valence-electron chi connectivity index (χ2n) is 11.2. The third-order valence-corrected chi connectivity index (χ3v) is 8.30. The molecule has 1 saturated heterocycles. The summed E-state index contributed by atoms with van der Waals surface area (Å²) in [5, 5.41) is 12.6. The standard InChI is InChI=1S/C31H32BClN2O6/c1-30(2)31(3,4)41-32(40-30)19(13-18-14-20(33)15-25(27(18)34)28(36)37)16-35-29(38)39-17-26-23-11-7-5-9-21(23)22-10-6-8-12-24(22)26/h5-15,26H,16-17,34H2,1-4H3,(H,35,38)(H,36,37). The average molecular weight is 575 g/mol. The first-order valence-electron chi connectivity index (χ1n) is 13.4. The van der Waals surface area contributed by atoms with Gasteiger partial charge < -0.3 is 30.2 Å². The van der Waals surface area contributed by atoms with Gasteiger partial charge in [0.25, 0.3) is 0 Å². The van der Waals surface area contributed by atoms with Crippen LogP contribution in [0.5, 0.6) is 0 Å². The zero-order chi connectivity index (χ0) is 29.5. The first-order chi connectivity index (χ1) is 19.4. The van der Waals surface area contributed by atoms with Gasteiger partial charge in [-0.15, -0.1) is 0 Å². The molecule has 3 aromatic carbocycles. The molecule has 5 rings (SSSR count). The minimum Gasteiger partial charge on any atom is -0.478 e. The van der Waals surface area contributed by atoms with Crippen molar-refractivity contribution in [1.82, 2.24) is 5.32 Å². The van der Waals surface area contributed by atoms with E-state index in [1.807, 2.05) is 52.0 Å². The van der Waals surface area contributed by atoms with E-state index in [2.05, 4.69) is 29.6 Å². The maximum absolute atomic E-state index is 12.9. The van der Waals surface area contributed by atoms with Crippen molar-refractivity contribution < 1.29 is 28.7 Å². The third-order valence-electron chi connectivity index (χ3n) is 8.08. The minimum absolute atomic E-state index is 0.00184. The summed E-state index contributed by atoms with van der Waals surface area (Å²) >= 11 is 6.20. The maximum Gasteiger partial charge on any atom is 0.492 e. The highest BCUT2D eigenvalue weighted by molar-refractivity contribution is 6.56. The van der Waals surface area contributed by atoms with Crippen molar-refractivity contribution in [2.45, 2.75) is 44.8 Å². The van der Waals surface area contributed by atoms with Crippen molar-refractivity contribution in [3.05, 3.63) is 93.4 Å². The molecule has 0 spiro atoms. The molecule has 0 bridgehead atoms. The molecular weight excluding hydrogens is 543 g/mol. The van der Waals surface area contributed by atoms with Gasteiger partial charge >= 0.3 is 19.2 Å². The van der Waals surface area contributed by atoms with Gasteiger partial charge in [-0.25, -0.2) is 9.59 Å². The molecule has 10 heteroatoms. The average Bonchev–Trinajstić information content (AvgIpc) is 3.35. The Bertz CT molecular complexity index is 1490. The van der Waals surface area contributed by atoms with Gasteiger partial charge in [0.2, 0.25) is 0 Å². The Morgan fingerprint density at radius 2 is 1.59 bits per heavy atom. The number of anilines is 1. The second kappa shape index (κ2) is 10.9. The summed E-state index contributed by atoms with van der Waals surface area (Å²) in [7, 11) is -0.833. The van der Waals surface area contributed by atoms with Gasteiger partial charge in [-0.05, 0) is 73.1 Å². The van der Waals surface area contributed by atoms with Crippen molar-refractivity contribution in [2.75, 3.05) is 18.9 Å². The van der Waals surface area contributed by atoms with Crippen molar-refractivity contribution in [3.63, 3.8) is 0 Å². The molecule has 4 N–H and O–H groups in total. The van der Waals surface area contributed by atoms with Crippen LogP contribution in [0.2, 0.25) is 5.02 Å². The minimum atomic E-state index is -1.20. The van der Waals surface area contributed by atoms with Gasteiger partial charge in [0, 0.05) is 17.5 Å². The molecule has 41 heavy (non-hydrogen) atoms. The lowest BCUT2D eigenvalue weighted by atomic mass is 9.76. The van der Waals surface area contributed by atoms with Crippen LogP contribution >= 0.6 is 11.6 Å². The number of carbonyl (C=O) groups is 2. The van der Waals surface area contributed by atoms with Crippen molar-refractivity contribution in [2.24, 2.45) is 0 Å². The second-order valence-corrected chi connectivity index (χ2v) is 11.7. The number of nitrogens with two attached hydrogens (primary N) is 1. The Labute approximate surface area is 244 Å². The molecule has 1 aliphatic heterocycles. The molecule has 1 heterocycles. The Morgan fingerprint density at radius 3 is 2.15 bits per heavy atom. The van der Waals surface area contributed by atoms with Crippen molar-refractivity contribution in [3.8, 4) is 11.1 Å². The Morgan fingerprint density at radius 1 is 1.02 bits per heavy atom. The predicted molar refractivity (Wildman–Crippen MR) is 160 cm³/mol. The van der Waals surface area contributed by atoms with Gasteiger partial charge in [-0.2, -0.15) is 0 Å². The zero-order valence-electron chi connectivity index (χ0n) is 23.4. The number of fused-ring (bicyclic) bond motifs is 3. The third kappa shape index (κ3) is 5.57. The number of halogens is 1. The van der Waals surface area contributed by atoms with Crippen LogP contribution in [0.15, 0.2) is 66.1 Å². The number of hydrogen-bond acceptors (Lipinski definition) is 6. The van der Waals surface area contributed by atoms with Crippen LogP contribution in [0.4, 0.5) is 10.5 Å². The number of nitrogens with one attached hydrogen (secondary N) is 1. The van der Waals surface area contributed by atoms with Crippen LogP contribution < -0.4 is 11.1 Å². The number of carboxylic acids is 1. The van der Waals surface area contributed by atoms with Gasteiger partial charge in [-0.3, -0.25) is 0 Å². The molecule has 3 aromatic rings. The topological polar surface area (TPSA) is 120 Å². The van der Waals surface area contributed by atoms with Crippen LogP contribution in [0, 0.1) is 0 Å². The molecule has 1 amide bonds. The Balaban J connectivity index is 1.36. The molecule has 1 aliphatic carbocycles. The van der Waals surface area contributed by atoms with E-state index >= 15 is 0 Å². The van der Waals surface area contributed by atoms with Crippen molar-refractivity contribution in [1.29, 1.82) is 0 Å². The summed E-state index contributed by atoms with van der Waals surface area (Å²) in [6.07, 6.45) is 1.03. The van der Waals surface area contributed by atoms with Crippen molar-refractivity contribution >= 4 is 42.5 Å². The fourth-order valence-electron chi connectivity index (χ4n) is 5.16. The number of carbonyl (C=O) groups excluding carboxylic acids is 1. The molecule has 0 saturated carbocycles. The molecule has 0 unspecified atom stereocenters. The highest BCUT2D eigenvalue weighted by Gasteiger charge is 2.52. The Hall–Kier alpha value is -3.79. The van der Waals surface area contributed by atoms with E-state index in [1.165, 1.54) is 6.07 Å². The molecule has 212 valence electrons. The van der Waals surface area contributed by atoms with Crippen LogP contribution in [-0.2, 0) is 14.0 Å². The van der Waals surface area contributed by atoms with Crippen LogP contribution in [-0.4, -0.2) is 48.6 Å². The number of alkyl carbamates (subject to hydrolysis) is 1. The SMILES string of the molecule is CC1(C)OB(C(=Cc2cc(Cl)cc(C(=O)O)c2N)CNC(=O)OCC2c3ccccc3-c3ccccc32)OC1(C)C. The number of hydrogen-bond donors (Lipinski definition) is 3. The quantitative estimate of drug-likeness (QED) is 0.228. The fourth-order valence-corrected chi connectivity index (χ4v) is 5.38. The van der Waals surface area contributed by atoms with E-state index in [4.69, 9.17) is 31.4 Å². The lowest BCUT2D eigenvalue weighted by molar-refractivity contribution is 0.00578. The normalized spacial score (nSPS) is 17.2. The van der Waals surface area contributed by atoms with E-state index < -0.39 is 30.4 Å². The Kier molecular flexibility index (Phi) is 7.63. The van der Waals surface area contributed by atoms with Crippen LogP contribution in [0.3, 0.4) is 0 Å². The number of nitrogen functional groups attached to an aromatic ring is 1. The van der Waals surface area contributed by atoms with Gasteiger partial charge in [0.1, 0.15) is 6.61 Å². The fraction of sp³-hybridized carbons (Fsp3) is 0.290. The van der Waals surface area contributed by atoms with Gasteiger partial charge in [-0.1, -0.05) is 66.2 Å². The lowest BCUT2D eigenvalue weighted by Crippen LogP contribution is -2.41. The van der Waals surface area contributed by atoms with E-state index in [9.17, 15) is 14.7 Å². The molecule has 0 radical (unpaired) electrons. The molecule has 2 aliphatic rings. The largest absolute Gasteiger partial charge is 0.492 e. The highest BCUT2D eigenvalue weighted by Crippen LogP contribution is 2.44. The smallest absolute Gasteiger partial charge is 0.478 e. The molecule has 1 fully saturated rings. The lowest BCUT2D eigenvalue weighted by Gasteiger charge is -2.32. The summed E-state index contributed by atoms with van der Waals surface area (Å²) < 4.78 is 18.1. The number of carboxylic acid groups (broad SMARTS) is 1. The summed E-state index contributed by atoms with van der Waals surface area (Å²) in [4.78, 5) is 24.7. The predicted octanol–water partition coefficient (Wildman–Crippen LogP) is 6.17. The zero-order valence-corrected chi connectivity index (χ0v) is 24.1. The summed E-state index contributed by atoms with van der Waals surface area (Å²) in [5.74, 6) is -1.28. The number of rotatable bonds is 7. The summed E-state index contributed by atoms with van der Waals surface area (Å²) in [6, 6.07) is 19.1. The first-order valence-corrected chi connectivity index (χ1v) is 13.7. The summed E-state index contributed by atoms with van der Waals surface area (Å²) in [5.41, 5.74) is 10.2.